The number of benzene rings is 1. The van der Waals surface area contributed by atoms with Crippen molar-refractivity contribution in [2.24, 2.45) is 5.84 Å². The van der Waals surface area contributed by atoms with Crippen molar-refractivity contribution < 1.29 is 9.53 Å². The number of ether oxygens (including phenoxy) is 1. The van der Waals surface area contributed by atoms with Crippen molar-refractivity contribution in [3.05, 3.63) is 44.7 Å². The van der Waals surface area contributed by atoms with Gasteiger partial charge >= 0.3 is 0 Å². The number of amides is 1. The standard InChI is InChI=1S/C15H19BrN4O2/c1-7-5-11(16)6-8(2)14(7)22-10(4)13-12(15(21)18-17)9(3)19-20-13/h5-6,10H,17H2,1-4H3,(H,18,21)(H,19,20). The number of nitrogen functional groups attached to an aromatic ring is 1. The summed E-state index contributed by atoms with van der Waals surface area (Å²) in [6, 6.07) is 3.97. The van der Waals surface area contributed by atoms with Crippen molar-refractivity contribution in [1.29, 1.82) is 0 Å². The third-order valence-corrected chi connectivity index (χ3v) is 3.90. The first-order chi connectivity index (χ1) is 10.3. The average Bonchev–Trinajstić information content (AvgIpc) is 2.83. The molecule has 7 heteroatoms. The van der Waals surface area contributed by atoms with E-state index in [-0.39, 0.29) is 5.91 Å². The molecular weight excluding hydrogens is 348 g/mol. The highest BCUT2D eigenvalue weighted by Crippen LogP contribution is 2.31. The SMILES string of the molecule is Cc1cc(Br)cc(C)c1OC(C)c1n[nH]c(C)c1C(=O)NN. The smallest absolute Gasteiger partial charge is 0.269 e. The molecule has 4 N–H and O–H groups in total. The van der Waals surface area contributed by atoms with Gasteiger partial charge in [-0.2, -0.15) is 5.10 Å². The molecule has 1 unspecified atom stereocenters. The molecule has 0 bridgehead atoms. The number of H-pyrrole nitrogens is 1. The number of nitrogens with two attached hydrogens (primary N) is 1. The summed E-state index contributed by atoms with van der Waals surface area (Å²) < 4.78 is 7.04. The van der Waals surface area contributed by atoms with Crippen molar-refractivity contribution in [3.63, 3.8) is 0 Å². The van der Waals surface area contributed by atoms with Crippen LogP contribution in [0.25, 0.3) is 0 Å². The number of hydrogen-bond donors (Lipinski definition) is 3. The molecule has 0 aliphatic heterocycles. The van der Waals surface area contributed by atoms with Crippen LogP contribution >= 0.6 is 15.9 Å². The van der Waals surface area contributed by atoms with Gasteiger partial charge in [-0.05, 0) is 51.0 Å². The molecule has 0 saturated carbocycles. The predicted octanol–water partition coefficient (Wildman–Crippen LogP) is 2.84. The number of hydrogen-bond acceptors (Lipinski definition) is 4. The van der Waals surface area contributed by atoms with Crippen LogP contribution in [-0.2, 0) is 0 Å². The zero-order chi connectivity index (χ0) is 16.4. The Balaban J connectivity index is 2.35. The molecule has 1 heterocycles. The van der Waals surface area contributed by atoms with Crippen LogP contribution in [0.5, 0.6) is 5.75 Å². The number of aromatic nitrogens is 2. The summed E-state index contributed by atoms with van der Waals surface area (Å²) in [4.78, 5) is 11.9. The van der Waals surface area contributed by atoms with Crippen LogP contribution in [0, 0.1) is 20.8 Å². The maximum Gasteiger partial charge on any atom is 0.269 e. The van der Waals surface area contributed by atoms with Crippen molar-refractivity contribution in [1.82, 2.24) is 15.6 Å². The first kappa shape index (κ1) is 16.5. The number of hydrazine groups is 1. The third-order valence-electron chi connectivity index (χ3n) is 3.44. The van der Waals surface area contributed by atoms with Crippen LogP contribution < -0.4 is 16.0 Å². The highest BCUT2D eigenvalue weighted by atomic mass is 79.9. The van der Waals surface area contributed by atoms with Gasteiger partial charge < -0.3 is 4.74 Å². The van der Waals surface area contributed by atoms with E-state index in [0.29, 0.717) is 17.0 Å². The molecule has 0 saturated heterocycles. The maximum absolute atomic E-state index is 11.9. The van der Waals surface area contributed by atoms with Crippen LogP contribution in [0.1, 0.15) is 45.9 Å². The zero-order valence-electron chi connectivity index (χ0n) is 13.0. The van der Waals surface area contributed by atoms with Gasteiger partial charge in [0.25, 0.3) is 5.91 Å². The monoisotopic (exact) mass is 366 g/mol. The van der Waals surface area contributed by atoms with E-state index in [1.165, 1.54) is 0 Å². The maximum atomic E-state index is 11.9. The van der Waals surface area contributed by atoms with E-state index in [1.54, 1.807) is 6.92 Å². The number of rotatable bonds is 4. The topological polar surface area (TPSA) is 93.0 Å². The van der Waals surface area contributed by atoms with Gasteiger partial charge in [-0.1, -0.05) is 15.9 Å². The minimum absolute atomic E-state index is 0.388. The fourth-order valence-electron chi connectivity index (χ4n) is 2.42. The fourth-order valence-corrected chi connectivity index (χ4v) is 3.10. The van der Waals surface area contributed by atoms with Gasteiger partial charge in [-0.25, -0.2) is 5.84 Å². The van der Waals surface area contributed by atoms with Crippen LogP contribution in [0.4, 0.5) is 0 Å². The van der Waals surface area contributed by atoms with E-state index < -0.39 is 6.10 Å². The number of carbonyl (C=O) groups is 1. The minimum Gasteiger partial charge on any atom is -0.484 e. The first-order valence-electron chi connectivity index (χ1n) is 6.84. The largest absolute Gasteiger partial charge is 0.484 e. The van der Waals surface area contributed by atoms with Crippen molar-refractivity contribution in [3.8, 4) is 5.75 Å². The summed E-state index contributed by atoms with van der Waals surface area (Å²) in [6.45, 7) is 7.57. The Bertz CT molecular complexity index is 689. The van der Waals surface area contributed by atoms with E-state index in [9.17, 15) is 4.79 Å². The minimum atomic E-state index is -0.393. The second kappa shape index (κ2) is 6.50. The molecule has 0 radical (unpaired) electrons. The van der Waals surface area contributed by atoms with E-state index in [1.807, 2.05) is 32.9 Å². The molecule has 1 amide bonds. The molecule has 0 spiro atoms. The first-order valence-corrected chi connectivity index (χ1v) is 7.63. The molecule has 118 valence electrons. The van der Waals surface area contributed by atoms with Crippen LogP contribution in [0.3, 0.4) is 0 Å². The number of halogens is 1. The molecule has 1 atom stereocenters. The second-order valence-electron chi connectivity index (χ2n) is 5.21. The summed E-state index contributed by atoms with van der Waals surface area (Å²) in [5, 5.41) is 6.99. The molecule has 0 aliphatic rings. The molecular formula is C15H19BrN4O2. The number of aryl methyl sites for hydroxylation is 3. The highest BCUT2D eigenvalue weighted by molar-refractivity contribution is 9.10. The van der Waals surface area contributed by atoms with E-state index >= 15 is 0 Å². The second-order valence-corrected chi connectivity index (χ2v) is 6.13. The molecule has 6 nitrogen and oxygen atoms in total. The molecule has 1 aromatic carbocycles. The van der Waals surface area contributed by atoms with Crippen LogP contribution in [0.15, 0.2) is 16.6 Å². The van der Waals surface area contributed by atoms with Crippen molar-refractivity contribution in [2.75, 3.05) is 0 Å². The van der Waals surface area contributed by atoms with E-state index in [4.69, 9.17) is 10.6 Å². The quantitative estimate of drug-likeness (QED) is 0.440. The molecule has 0 fully saturated rings. The van der Waals surface area contributed by atoms with Gasteiger partial charge in [0.1, 0.15) is 17.5 Å². The number of carbonyl (C=O) groups excluding carboxylic acids is 1. The van der Waals surface area contributed by atoms with Crippen LogP contribution in [0.2, 0.25) is 0 Å². The van der Waals surface area contributed by atoms with Crippen molar-refractivity contribution >= 4 is 21.8 Å². The molecule has 1 aromatic heterocycles. The van der Waals surface area contributed by atoms with E-state index in [0.717, 1.165) is 21.3 Å². The lowest BCUT2D eigenvalue weighted by Crippen LogP contribution is -2.31. The molecule has 0 aliphatic carbocycles. The summed E-state index contributed by atoms with van der Waals surface area (Å²) in [5.74, 6) is 5.63. The third kappa shape index (κ3) is 3.15. The van der Waals surface area contributed by atoms with Gasteiger partial charge in [-0.15, -0.1) is 0 Å². The summed E-state index contributed by atoms with van der Waals surface area (Å²) in [5.41, 5.74) is 5.76. The van der Waals surface area contributed by atoms with Crippen molar-refractivity contribution in [2.45, 2.75) is 33.8 Å². The Morgan fingerprint density at radius 3 is 2.50 bits per heavy atom. The van der Waals surface area contributed by atoms with Crippen LogP contribution in [-0.4, -0.2) is 16.1 Å². The lowest BCUT2D eigenvalue weighted by atomic mass is 10.1. The number of nitrogens with one attached hydrogen (secondary N) is 2. The normalized spacial score (nSPS) is 12.1. The number of nitrogens with zero attached hydrogens (tertiary/aromatic N) is 1. The molecule has 2 rings (SSSR count). The molecule has 22 heavy (non-hydrogen) atoms. The summed E-state index contributed by atoms with van der Waals surface area (Å²) in [6.07, 6.45) is -0.393. The van der Waals surface area contributed by atoms with Gasteiger partial charge in [0.2, 0.25) is 0 Å². The lowest BCUT2D eigenvalue weighted by Gasteiger charge is -2.18. The Kier molecular flexibility index (Phi) is 4.87. The zero-order valence-corrected chi connectivity index (χ0v) is 14.5. The van der Waals surface area contributed by atoms with E-state index in [2.05, 4.69) is 31.6 Å². The summed E-state index contributed by atoms with van der Waals surface area (Å²) >= 11 is 3.46. The van der Waals surface area contributed by atoms with Gasteiger partial charge in [0.15, 0.2) is 0 Å². The fraction of sp³-hybridized carbons (Fsp3) is 0.333. The Morgan fingerprint density at radius 2 is 1.95 bits per heavy atom. The Hall–Kier alpha value is -1.86. The number of aromatic amines is 1. The Morgan fingerprint density at radius 1 is 1.36 bits per heavy atom. The van der Waals surface area contributed by atoms with Gasteiger partial charge in [0.05, 0.1) is 5.56 Å². The molecule has 2 aromatic rings. The lowest BCUT2D eigenvalue weighted by molar-refractivity contribution is 0.0948. The van der Waals surface area contributed by atoms with Gasteiger partial charge in [-0.3, -0.25) is 15.3 Å². The van der Waals surface area contributed by atoms with Gasteiger partial charge in [0, 0.05) is 10.2 Å². The Labute approximate surface area is 137 Å². The average molecular weight is 367 g/mol. The highest BCUT2D eigenvalue weighted by Gasteiger charge is 2.23. The summed E-state index contributed by atoms with van der Waals surface area (Å²) in [7, 11) is 0. The predicted molar refractivity (Wildman–Crippen MR) is 87.6 cm³/mol.